The van der Waals surface area contributed by atoms with E-state index in [1.807, 2.05) is 0 Å². The van der Waals surface area contributed by atoms with E-state index in [0.717, 1.165) is 94.7 Å². The number of hydrogen-bond donors (Lipinski definition) is 0. The molecule has 18 aromatic rings. The van der Waals surface area contributed by atoms with E-state index in [4.69, 9.17) is 15.0 Å². The first-order valence-corrected chi connectivity index (χ1v) is 32.3. The molecule has 0 spiro atoms. The standard InChI is InChI=1S/C81H53N7Si/c1-3-27-57(28-4-1)89(58-29-5-2-6-30-58,59-31-23-25-54(49-59)56-51-78(85-70-41-15-7-33-61(70)62-34-8-16-42-71(62)85)83-79(52-56)86-72-43-17-9-35-63(72)64-36-10-18-44-73(64)86)60-32-24-26-55(50-60)69-53-80(87-74-45-19-11-37-65(74)66-38-12-20-46-75(66)87)84-81(82-69)88-76-47-21-13-39-67(76)68-40-14-22-48-77(68)88/h1-53H. The summed E-state index contributed by atoms with van der Waals surface area (Å²) in [6.07, 6.45) is 0. The Hall–Kier alpha value is -11.7. The van der Waals surface area contributed by atoms with Crippen LogP contribution in [0, 0.1) is 0 Å². The van der Waals surface area contributed by atoms with E-state index in [-0.39, 0.29) is 0 Å². The van der Waals surface area contributed by atoms with Gasteiger partial charge in [0, 0.05) is 54.7 Å². The molecule has 18 rings (SSSR count). The molecule has 8 heteroatoms. The van der Waals surface area contributed by atoms with Gasteiger partial charge in [-0.2, -0.15) is 4.98 Å². The van der Waals surface area contributed by atoms with Crippen LogP contribution in [0.5, 0.6) is 0 Å². The molecule has 7 nitrogen and oxygen atoms in total. The lowest BCUT2D eigenvalue weighted by molar-refractivity contribution is 0.952. The van der Waals surface area contributed by atoms with Gasteiger partial charge in [-0.1, -0.05) is 255 Å². The highest BCUT2D eigenvalue weighted by molar-refractivity contribution is 7.20. The monoisotopic (exact) mass is 1150 g/mol. The predicted molar refractivity (Wildman–Crippen MR) is 372 cm³/mol. The number of fused-ring (bicyclic) bond motifs is 12. The first kappa shape index (κ1) is 50.6. The SMILES string of the molecule is c1ccc([Si](c2ccccc2)(c2cccc(-c3cc(-n4c5ccccc5c5ccccc54)nc(-n4c5ccccc5c5ccccc54)c3)c2)c2cccc(-c3cc(-n4c5ccccc5c5ccccc54)nc(-n4c5ccccc5c5ccccc54)n3)c2)cc1. The van der Waals surface area contributed by atoms with E-state index >= 15 is 0 Å². The molecule has 0 atom stereocenters. The van der Waals surface area contributed by atoms with Crippen LogP contribution in [0.3, 0.4) is 0 Å². The van der Waals surface area contributed by atoms with Gasteiger partial charge < -0.3 is 0 Å². The lowest BCUT2D eigenvalue weighted by Gasteiger charge is -2.35. The number of para-hydroxylation sites is 8. The number of benzene rings is 12. The summed E-state index contributed by atoms with van der Waals surface area (Å²) in [7, 11) is -3.27. The van der Waals surface area contributed by atoms with E-state index in [1.54, 1.807) is 0 Å². The Kier molecular flexibility index (Phi) is 11.5. The second kappa shape index (κ2) is 20.2. The molecule has 6 heterocycles. The Balaban J connectivity index is 0.885. The van der Waals surface area contributed by atoms with Crippen molar-refractivity contribution in [3.05, 3.63) is 322 Å². The zero-order chi connectivity index (χ0) is 58.6. The van der Waals surface area contributed by atoms with Crippen LogP contribution in [-0.4, -0.2) is 41.3 Å². The topological polar surface area (TPSA) is 58.4 Å². The van der Waals surface area contributed by atoms with E-state index < -0.39 is 8.07 Å². The highest BCUT2D eigenvalue weighted by Gasteiger charge is 2.42. The Morgan fingerprint density at radius 1 is 0.202 bits per heavy atom. The van der Waals surface area contributed by atoms with Crippen LogP contribution in [0.4, 0.5) is 0 Å². The largest absolute Gasteiger partial charge is 0.294 e. The van der Waals surface area contributed by atoms with Gasteiger partial charge in [0.2, 0.25) is 5.95 Å². The molecule has 0 amide bonds. The minimum absolute atomic E-state index is 0.599. The summed E-state index contributed by atoms with van der Waals surface area (Å²) < 4.78 is 9.25. The third-order valence-corrected chi connectivity index (χ3v) is 23.1. The fraction of sp³-hybridized carbons (Fsp3) is 0. The van der Waals surface area contributed by atoms with E-state index in [2.05, 4.69) is 340 Å². The van der Waals surface area contributed by atoms with Gasteiger partial charge in [0.25, 0.3) is 0 Å². The molecule has 0 N–H and O–H groups in total. The normalized spacial score (nSPS) is 12.0. The summed E-state index contributed by atoms with van der Waals surface area (Å²) in [5.41, 5.74) is 12.6. The maximum absolute atomic E-state index is 5.72. The van der Waals surface area contributed by atoms with Crippen LogP contribution >= 0.6 is 0 Å². The van der Waals surface area contributed by atoms with Gasteiger partial charge in [0.15, 0.2) is 8.07 Å². The molecule has 6 aromatic heterocycles. The van der Waals surface area contributed by atoms with Crippen molar-refractivity contribution in [3.63, 3.8) is 0 Å². The number of rotatable bonds is 10. The molecule has 0 unspecified atom stereocenters. The van der Waals surface area contributed by atoms with Crippen LogP contribution in [0.15, 0.2) is 322 Å². The van der Waals surface area contributed by atoms with Gasteiger partial charge in [0.05, 0.1) is 49.8 Å². The van der Waals surface area contributed by atoms with Gasteiger partial charge in [-0.15, -0.1) is 0 Å². The molecule has 416 valence electrons. The van der Waals surface area contributed by atoms with Crippen LogP contribution in [0.2, 0.25) is 0 Å². The number of nitrogens with zero attached hydrogens (tertiary/aromatic N) is 7. The third-order valence-electron chi connectivity index (χ3n) is 18.3. The van der Waals surface area contributed by atoms with Crippen molar-refractivity contribution in [1.29, 1.82) is 0 Å². The number of pyridine rings is 1. The molecule has 0 saturated carbocycles. The Bertz CT molecular complexity index is 5000. The summed E-state index contributed by atoms with van der Waals surface area (Å²) in [6.45, 7) is 0. The lowest BCUT2D eigenvalue weighted by Crippen LogP contribution is -2.74. The van der Waals surface area contributed by atoms with Crippen LogP contribution in [-0.2, 0) is 0 Å². The predicted octanol–water partition coefficient (Wildman–Crippen LogP) is 17.0. The molecule has 0 aliphatic heterocycles. The van der Waals surface area contributed by atoms with Crippen molar-refractivity contribution in [1.82, 2.24) is 33.2 Å². The van der Waals surface area contributed by atoms with Crippen molar-refractivity contribution in [3.8, 4) is 45.8 Å². The molecule has 89 heavy (non-hydrogen) atoms. The molecule has 0 aliphatic rings. The number of aromatic nitrogens is 7. The maximum Gasteiger partial charge on any atom is 0.237 e. The van der Waals surface area contributed by atoms with Gasteiger partial charge in [-0.3, -0.25) is 18.3 Å². The van der Waals surface area contributed by atoms with E-state index in [1.165, 1.54) is 53.1 Å². The molecule has 0 fully saturated rings. The zero-order valence-electron chi connectivity index (χ0n) is 48.2. The molecule has 0 saturated heterocycles. The molecule has 0 bridgehead atoms. The quantitative estimate of drug-likeness (QED) is 0.101. The summed E-state index contributed by atoms with van der Waals surface area (Å²) in [6, 6.07) is 117. The third kappa shape index (κ3) is 7.80. The van der Waals surface area contributed by atoms with Crippen molar-refractivity contribution in [2.75, 3.05) is 0 Å². The first-order valence-electron chi connectivity index (χ1n) is 30.3. The van der Waals surface area contributed by atoms with E-state index in [9.17, 15) is 0 Å². The van der Waals surface area contributed by atoms with Gasteiger partial charge in [-0.05, 0) is 92.5 Å². The van der Waals surface area contributed by atoms with Crippen LogP contribution in [0.25, 0.3) is 133 Å². The first-order chi connectivity index (χ1) is 44.2. The summed E-state index contributed by atoms with van der Waals surface area (Å²) in [5, 5.41) is 14.4. The minimum Gasteiger partial charge on any atom is -0.294 e. The lowest BCUT2D eigenvalue weighted by atomic mass is 10.1. The maximum atomic E-state index is 5.72. The van der Waals surface area contributed by atoms with Crippen molar-refractivity contribution < 1.29 is 0 Å². The Morgan fingerprint density at radius 2 is 0.494 bits per heavy atom. The van der Waals surface area contributed by atoms with Crippen molar-refractivity contribution in [2.24, 2.45) is 0 Å². The fourth-order valence-electron chi connectivity index (χ4n) is 14.5. The van der Waals surface area contributed by atoms with Crippen molar-refractivity contribution in [2.45, 2.75) is 0 Å². The Labute approximate surface area is 513 Å². The average molecular weight is 1150 g/mol. The summed E-state index contributed by atoms with van der Waals surface area (Å²) in [5.74, 6) is 3.07. The van der Waals surface area contributed by atoms with Gasteiger partial charge in [-0.25, -0.2) is 9.97 Å². The highest BCUT2D eigenvalue weighted by Crippen LogP contribution is 2.39. The summed E-state index contributed by atoms with van der Waals surface area (Å²) >= 11 is 0. The second-order valence-electron chi connectivity index (χ2n) is 23.1. The second-order valence-corrected chi connectivity index (χ2v) is 26.9. The molecular formula is C81H53N7Si. The average Bonchev–Trinajstić information content (AvgIpc) is 1.86. The van der Waals surface area contributed by atoms with Crippen LogP contribution in [0.1, 0.15) is 0 Å². The van der Waals surface area contributed by atoms with Crippen molar-refractivity contribution >= 4 is 116 Å². The minimum atomic E-state index is -3.27. The van der Waals surface area contributed by atoms with E-state index in [0.29, 0.717) is 5.95 Å². The highest BCUT2D eigenvalue weighted by atomic mass is 28.3. The van der Waals surface area contributed by atoms with Gasteiger partial charge in [0.1, 0.15) is 17.5 Å². The molecule has 0 radical (unpaired) electrons. The molecule has 12 aromatic carbocycles. The molecule has 0 aliphatic carbocycles. The zero-order valence-corrected chi connectivity index (χ0v) is 49.2. The number of hydrogen-bond acceptors (Lipinski definition) is 3. The summed E-state index contributed by atoms with van der Waals surface area (Å²) in [4.78, 5) is 17.0. The van der Waals surface area contributed by atoms with Gasteiger partial charge >= 0.3 is 0 Å². The smallest absolute Gasteiger partial charge is 0.237 e. The molecular weight excluding hydrogens is 1100 g/mol. The Morgan fingerprint density at radius 3 is 0.865 bits per heavy atom. The van der Waals surface area contributed by atoms with Crippen LogP contribution < -0.4 is 20.7 Å². The fourth-order valence-corrected chi connectivity index (χ4v) is 19.4.